The van der Waals surface area contributed by atoms with Gasteiger partial charge in [-0.2, -0.15) is 8.42 Å². The van der Waals surface area contributed by atoms with Crippen LogP contribution in [-0.4, -0.2) is 69.0 Å². The molecule has 2 aliphatic heterocycles. The van der Waals surface area contributed by atoms with Gasteiger partial charge >= 0.3 is 10.2 Å². The van der Waals surface area contributed by atoms with Gasteiger partial charge in [0.05, 0.1) is 0 Å². The number of halogens is 1. The Hall–Kier alpha value is -1.91. The fourth-order valence-corrected chi connectivity index (χ4v) is 4.01. The molecule has 2 fully saturated rings. The molecule has 0 saturated carbocycles. The second-order valence-corrected chi connectivity index (χ2v) is 7.62. The van der Waals surface area contributed by atoms with E-state index in [1.165, 1.54) is 12.1 Å². The van der Waals surface area contributed by atoms with Crippen LogP contribution in [0.25, 0.3) is 0 Å². The van der Waals surface area contributed by atoms with Crippen molar-refractivity contribution in [3.05, 3.63) is 23.5 Å². The maximum absolute atomic E-state index is 14.8. The highest BCUT2D eigenvalue weighted by atomic mass is 32.2. The van der Waals surface area contributed by atoms with Gasteiger partial charge in [0.25, 0.3) is 5.91 Å². The number of phenolic OH excluding ortho intramolecular Hbond substituents is 1. The van der Waals surface area contributed by atoms with E-state index in [4.69, 9.17) is 0 Å². The molecular formula is C14H19FN4O4S. The first kappa shape index (κ1) is 16.9. The molecule has 0 unspecified atom stereocenters. The Kier molecular flexibility index (Phi) is 4.37. The van der Waals surface area contributed by atoms with Gasteiger partial charge in [0.1, 0.15) is 18.0 Å². The molecule has 10 heteroatoms. The zero-order chi connectivity index (χ0) is 17.5. The third-order valence-corrected chi connectivity index (χ3v) is 5.61. The number of aromatic hydroxyl groups is 1. The van der Waals surface area contributed by atoms with Gasteiger partial charge in [-0.3, -0.25) is 9.69 Å². The number of benzene rings is 1. The Labute approximate surface area is 139 Å². The minimum absolute atomic E-state index is 0.280. The lowest BCUT2D eigenvalue weighted by molar-refractivity contribution is -0.117. The smallest absolute Gasteiger partial charge is 0.326 e. The number of carbonyl (C=O) groups excluding carboxylic acids is 1. The van der Waals surface area contributed by atoms with Gasteiger partial charge < -0.3 is 10.0 Å². The zero-order valence-electron chi connectivity index (χ0n) is 13.2. The Morgan fingerprint density at radius 1 is 1.25 bits per heavy atom. The van der Waals surface area contributed by atoms with Crippen molar-refractivity contribution in [2.45, 2.75) is 6.54 Å². The lowest BCUT2D eigenvalue weighted by Gasteiger charge is -2.32. The van der Waals surface area contributed by atoms with E-state index in [1.807, 2.05) is 7.05 Å². The van der Waals surface area contributed by atoms with Crippen molar-refractivity contribution in [2.75, 3.05) is 44.1 Å². The number of nitrogens with zero attached hydrogens (tertiary/aromatic N) is 3. The number of hydrogen-bond acceptors (Lipinski definition) is 6. The molecule has 2 saturated heterocycles. The molecule has 0 spiro atoms. The van der Waals surface area contributed by atoms with Crippen LogP contribution in [0.1, 0.15) is 5.56 Å². The molecule has 0 radical (unpaired) electrons. The summed E-state index contributed by atoms with van der Waals surface area (Å²) in [6.07, 6.45) is 0. The minimum atomic E-state index is -4.18. The van der Waals surface area contributed by atoms with Crippen LogP contribution in [0, 0.1) is 5.82 Å². The topological polar surface area (TPSA) is 93.2 Å². The monoisotopic (exact) mass is 358 g/mol. The molecule has 0 aromatic heterocycles. The van der Waals surface area contributed by atoms with Crippen molar-refractivity contribution in [1.82, 2.24) is 14.5 Å². The molecule has 132 valence electrons. The van der Waals surface area contributed by atoms with Gasteiger partial charge in [-0.05, 0) is 13.1 Å². The van der Waals surface area contributed by atoms with E-state index in [9.17, 15) is 22.7 Å². The minimum Gasteiger partial charge on any atom is -0.506 e. The Balaban J connectivity index is 1.90. The summed E-state index contributed by atoms with van der Waals surface area (Å²) >= 11 is 0. The van der Waals surface area contributed by atoms with Crippen molar-refractivity contribution < 1.29 is 22.7 Å². The number of anilines is 1. The summed E-state index contributed by atoms with van der Waals surface area (Å²) in [7, 11) is -2.17. The van der Waals surface area contributed by atoms with Crippen LogP contribution in [0.3, 0.4) is 0 Å². The van der Waals surface area contributed by atoms with Gasteiger partial charge in [-0.1, -0.05) is 6.07 Å². The molecule has 1 amide bonds. The summed E-state index contributed by atoms with van der Waals surface area (Å²) in [4.78, 5) is 15.6. The number of hydrogen-bond donors (Lipinski definition) is 2. The average molecular weight is 358 g/mol. The van der Waals surface area contributed by atoms with Crippen molar-refractivity contribution >= 4 is 21.8 Å². The summed E-state index contributed by atoms with van der Waals surface area (Å²) in [6, 6.07) is 2.69. The normalized spacial score (nSPS) is 21.9. The molecule has 24 heavy (non-hydrogen) atoms. The molecule has 8 nitrogen and oxygen atoms in total. The molecule has 2 N–H and O–H groups in total. The largest absolute Gasteiger partial charge is 0.506 e. The summed E-state index contributed by atoms with van der Waals surface area (Å²) in [6.45, 7) is 3.03. The van der Waals surface area contributed by atoms with Crippen LogP contribution in [0.2, 0.25) is 0 Å². The van der Waals surface area contributed by atoms with Crippen LogP contribution >= 0.6 is 0 Å². The van der Waals surface area contributed by atoms with E-state index in [0.717, 1.165) is 26.2 Å². The number of likely N-dealkylation sites (N-methyl/N-ethyl adjacent to an activating group) is 1. The van der Waals surface area contributed by atoms with Gasteiger partial charge in [0, 0.05) is 38.3 Å². The first-order chi connectivity index (χ1) is 11.3. The molecule has 1 aromatic carbocycles. The number of nitrogens with one attached hydrogen (secondary N) is 1. The van der Waals surface area contributed by atoms with Gasteiger partial charge in [-0.15, -0.1) is 0 Å². The van der Waals surface area contributed by atoms with Gasteiger partial charge in [0.2, 0.25) is 0 Å². The molecule has 0 aliphatic carbocycles. The Morgan fingerprint density at radius 3 is 2.50 bits per heavy atom. The standard InChI is InChI=1S/C14H19FN4O4S/c1-17-4-6-18(7-5-17)8-10-2-3-11(20)14(13(10)15)19-9-12(21)16-24(19,22)23/h2-3,20H,4-9H2,1H3,(H,16,21). The zero-order valence-corrected chi connectivity index (χ0v) is 14.0. The molecule has 1 aromatic rings. The quantitative estimate of drug-likeness (QED) is 0.754. The van der Waals surface area contributed by atoms with E-state index < -0.39 is 39.9 Å². The first-order valence-electron chi connectivity index (χ1n) is 7.52. The van der Waals surface area contributed by atoms with E-state index in [-0.39, 0.29) is 5.56 Å². The fourth-order valence-electron chi connectivity index (χ4n) is 2.85. The molecule has 0 bridgehead atoms. The second kappa shape index (κ2) is 6.19. The third-order valence-electron chi connectivity index (χ3n) is 4.23. The maximum atomic E-state index is 14.8. The van der Waals surface area contributed by atoms with Crippen LogP contribution in [0.4, 0.5) is 10.1 Å². The summed E-state index contributed by atoms with van der Waals surface area (Å²) < 4.78 is 41.0. The summed E-state index contributed by atoms with van der Waals surface area (Å²) in [5.41, 5.74) is -0.207. The van der Waals surface area contributed by atoms with Gasteiger partial charge in [-0.25, -0.2) is 13.4 Å². The van der Waals surface area contributed by atoms with E-state index in [2.05, 4.69) is 9.80 Å². The van der Waals surface area contributed by atoms with Crippen molar-refractivity contribution in [3.63, 3.8) is 0 Å². The highest BCUT2D eigenvalue weighted by Gasteiger charge is 2.38. The van der Waals surface area contributed by atoms with Crippen LogP contribution in [0.15, 0.2) is 12.1 Å². The number of phenols is 1. The van der Waals surface area contributed by atoms with Crippen LogP contribution in [-0.2, 0) is 21.5 Å². The maximum Gasteiger partial charge on any atom is 0.326 e. The molecule has 2 aliphatic rings. The predicted molar refractivity (Wildman–Crippen MR) is 85.2 cm³/mol. The SMILES string of the molecule is CN1CCN(Cc2ccc(O)c(N3CC(=O)NS3(=O)=O)c2F)CC1. The predicted octanol–water partition coefficient (Wildman–Crippen LogP) is -0.540. The number of amides is 1. The first-order valence-corrected chi connectivity index (χ1v) is 8.96. The molecule has 0 atom stereocenters. The lowest BCUT2D eigenvalue weighted by atomic mass is 10.1. The highest BCUT2D eigenvalue weighted by molar-refractivity contribution is 7.92. The highest BCUT2D eigenvalue weighted by Crippen LogP contribution is 2.35. The van der Waals surface area contributed by atoms with Crippen molar-refractivity contribution in [1.29, 1.82) is 0 Å². The van der Waals surface area contributed by atoms with Gasteiger partial charge in [0.15, 0.2) is 5.82 Å². The van der Waals surface area contributed by atoms with Crippen molar-refractivity contribution in [2.24, 2.45) is 0 Å². The number of piperazine rings is 1. The fraction of sp³-hybridized carbons (Fsp3) is 0.500. The third kappa shape index (κ3) is 3.17. The van der Waals surface area contributed by atoms with Crippen molar-refractivity contribution in [3.8, 4) is 5.75 Å². The van der Waals surface area contributed by atoms with Crippen LogP contribution in [0.5, 0.6) is 5.75 Å². The summed E-state index contributed by atoms with van der Waals surface area (Å²) in [5.74, 6) is -2.11. The number of rotatable bonds is 3. The van der Waals surface area contributed by atoms with E-state index >= 15 is 0 Å². The Bertz CT molecular complexity index is 762. The molecule has 2 heterocycles. The lowest BCUT2D eigenvalue weighted by Crippen LogP contribution is -2.44. The summed E-state index contributed by atoms with van der Waals surface area (Å²) in [5, 5.41) is 9.93. The van der Waals surface area contributed by atoms with E-state index in [1.54, 1.807) is 4.72 Å². The number of carbonyl (C=O) groups is 1. The van der Waals surface area contributed by atoms with Crippen LogP contribution < -0.4 is 9.03 Å². The average Bonchev–Trinajstić information content (AvgIpc) is 2.77. The molecular weight excluding hydrogens is 339 g/mol. The van der Waals surface area contributed by atoms with E-state index in [0.29, 0.717) is 10.8 Å². The molecule has 3 rings (SSSR count). The Morgan fingerprint density at radius 2 is 1.92 bits per heavy atom. The second-order valence-electron chi connectivity index (χ2n) is 6.02.